The number of carbonyl (C=O) groups is 10. The second-order valence-corrected chi connectivity index (χ2v) is 26.3. The van der Waals surface area contributed by atoms with Crippen LogP contribution >= 0.6 is 11.6 Å². The highest BCUT2D eigenvalue weighted by molar-refractivity contribution is 6.30. The lowest BCUT2D eigenvalue weighted by molar-refractivity contribution is -0.346. The fourth-order valence-electron chi connectivity index (χ4n) is 14.4. The van der Waals surface area contributed by atoms with Gasteiger partial charge < -0.3 is 58.7 Å². The van der Waals surface area contributed by atoms with Crippen molar-refractivity contribution in [2.75, 3.05) is 26.9 Å². The van der Waals surface area contributed by atoms with Crippen LogP contribution < -0.4 is 15.4 Å². The Morgan fingerprint density at radius 2 is 1.41 bits per heavy atom. The number of aliphatic hydroxyl groups is 2. The van der Waals surface area contributed by atoms with Crippen molar-refractivity contribution in [3.05, 3.63) is 183 Å². The van der Waals surface area contributed by atoms with Gasteiger partial charge in [-0.3, -0.25) is 42.9 Å². The summed E-state index contributed by atoms with van der Waals surface area (Å²) in [6.45, 7) is 9.53. The summed E-state index contributed by atoms with van der Waals surface area (Å²) in [5.74, 6) is -9.46. The molecule has 4 aliphatic rings. The Bertz CT molecular complexity index is 4100. The summed E-state index contributed by atoms with van der Waals surface area (Å²) in [6, 6.07) is 33.9. The van der Waals surface area contributed by atoms with Gasteiger partial charge in [0.1, 0.15) is 35.7 Å². The molecule has 11 atom stereocenters. The van der Waals surface area contributed by atoms with E-state index in [1.165, 1.54) is 59.1 Å². The van der Waals surface area contributed by atoms with Crippen LogP contribution in [0.3, 0.4) is 0 Å². The molecule has 0 spiro atoms. The molecule has 24 heteroatoms. The van der Waals surface area contributed by atoms with Crippen molar-refractivity contribution in [2.45, 2.75) is 147 Å². The van der Waals surface area contributed by atoms with Crippen LogP contribution in [-0.2, 0) is 73.1 Å². The van der Waals surface area contributed by atoms with Crippen LogP contribution in [0.4, 0.5) is 0 Å². The number of Topliss-reactive ketones (excluding diaryl/α,β-unsaturated/α-hetero) is 1. The molecule has 516 valence electrons. The van der Waals surface area contributed by atoms with Gasteiger partial charge in [0.25, 0.3) is 11.8 Å². The summed E-state index contributed by atoms with van der Waals surface area (Å²) in [4.78, 5) is 142. The lowest BCUT2D eigenvalue weighted by atomic mass is 9.44. The normalized spacial score (nSPS) is 24.3. The number of nitrogens with one attached hydrogen (secondary N) is 2. The fraction of sp³-hybridized carbons (Fsp3) is 0.405. The van der Waals surface area contributed by atoms with E-state index in [0.29, 0.717) is 51.3 Å². The van der Waals surface area contributed by atoms with E-state index in [2.05, 4.69) is 10.6 Å². The van der Waals surface area contributed by atoms with E-state index in [1.807, 2.05) is 0 Å². The van der Waals surface area contributed by atoms with Gasteiger partial charge in [0, 0.05) is 65.9 Å². The highest BCUT2D eigenvalue weighted by Gasteiger charge is 2.78. The van der Waals surface area contributed by atoms with Crippen molar-refractivity contribution in [1.82, 2.24) is 15.2 Å². The number of rotatable bonds is 23. The van der Waals surface area contributed by atoms with Crippen molar-refractivity contribution in [1.29, 1.82) is 0 Å². The number of amides is 2. The zero-order valence-corrected chi connectivity index (χ0v) is 56.2. The molecule has 98 heavy (non-hydrogen) atoms. The molecule has 2 saturated carbocycles. The fourth-order valence-corrected chi connectivity index (χ4v) is 14.5. The van der Waals surface area contributed by atoms with Crippen LogP contribution in [0.5, 0.6) is 5.75 Å². The number of nitrogens with zero attached hydrogens (tertiary/aromatic N) is 1. The van der Waals surface area contributed by atoms with E-state index in [1.54, 1.807) is 121 Å². The Hall–Kier alpha value is -9.55. The van der Waals surface area contributed by atoms with Crippen LogP contribution in [0, 0.1) is 23.7 Å². The van der Waals surface area contributed by atoms with Crippen molar-refractivity contribution in [2.24, 2.45) is 16.7 Å². The number of hydrogen-bond donors (Lipinski definition) is 4. The number of aliphatic hydroxyl groups excluding tert-OH is 1. The van der Waals surface area contributed by atoms with Crippen LogP contribution in [0.1, 0.15) is 134 Å². The lowest BCUT2D eigenvalue weighted by Crippen LogP contribution is -2.82. The van der Waals surface area contributed by atoms with E-state index in [0.717, 1.165) is 13.8 Å². The number of ether oxygens (including phenoxy) is 8. The van der Waals surface area contributed by atoms with Crippen molar-refractivity contribution in [3.8, 4) is 5.75 Å². The molecule has 6 aromatic rings. The maximum Gasteiger partial charge on any atom is 0.350 e. The van der Waals surface area contributed by atoms with E-state index in [4.69, 9.17) is 49.5 Å². The summed E-state index contributed by atoms with van der Waals surface area (Å²) < 4.78 is 49.6. The van der Waals surface area contributed by atoms with Crippen molar-refractivity contribution >= 4 is 81.8 Å². The first-order valence-electron chi connectivity index (χ1n) is 32.3. The van der Waals surface area contributed by atoms with Gasteiger partial charge in [0.15, 0.2) is 17.5 Å². The van der Waals surface area contributed by atoms with Gasteiger partial charge in [-0.1, -0.05) is 92.2 Å². The average Bonchev–Trinajstić information content (AvgIpc) is 0.800. The SMILES string of the molecule is COc1ccc2c(c1)c(CC(=O)NCCCCOC(=O)CCC(=O)O[C@@H](C(=O)O[C@H]1C[C@@]3(O)[C@@H](OC(=O)c4ccccc4)[C@H]4[C@](C)(C(=O)[C@H](OC(C)=O)C(=C1C)C3(C)C)[C@@H](O)CC1OC[C@]14OC(C)=O)[C@@H](NC(=O)c1ccccc1)c1ccccc1)c(C)n2C(=O)c1ccc(Cl)cc1. The van der Waals surface area contributed by atoms with Crippen LogP contribution in [0.25, 0.3) is 10.9 Å². The molecule has 2 amide bonds. The van der Waals surface area contributed by atoms with Crippen molar-refractivity contribution < 1.29 is 96.1 Å². The van der Waals surface area contributed by atoms with Crippen LogP contribution in [0.15, 0.2) is 145 Å². The minimum Gasteiger partial charge on any atom is -0.497 e. The smallest absolute Gasteiger partial charge is 0.350 e. The van der Waals surface area contributed by atoms with Gasteiger partial charge in [-0.2, -0.15) is 0 Å². The lowest BCUT2D eigenvalue weighted by Gasteiger charge is -2.67. The largest absolute Gasteiger partial charge is 0.497 e. The molecule has 1 unspecified atom stereocenters. The molecular weight excluding hydrogens is 1290 g/mol. The molecule has 0 radical (unpaired) electrons. The Morgan fingerprint density at radius 3 is 2.03 bits per heavy atom. The van der Waals surface area contributed by atoms with Gasteiger partial charge >= 0.3 is 35.8 Å². The number of methoxy groups -OCH3 is 1. The molecule has 1 aromatic heterocycles. The highest BCUT2D eigenvalue weighted by atomic mass is 35.5. The number of unbranched alkanes of at least 4 members (excludes halogenated alkanes) is 1. The molecular formula is C74H78ClN3O20. The summed E-state index contributed by atoms with van der Waals surface area (Å²) in [5, 5.41) is 33.3. The predicted molar refractivity (Wildman–Crippen MR) is 352 cm³/mol. The topological polar surface area (TPSA) is 314 Å². The third-order valence-electron chi connectivity index (χ3n) is 19.6. The molecule has 23 nitrogen and oxygen atoms in total. The molecule has 10 rings (SSSR count). The standard InChI is InChI=1S/C74H78ClN3O20/c1-41-54(39-74(90)66(97-69(88)48-24-16-11-17-25-48)64-72(7,55(81)38-56-73(64,40-93-56)98-44(4)80)65(85)62(94-43(3)79)60(41)71(74,5)6)95-70(89)63(61(45-20-12-9-13-21-45)77-67(86)46-22-14-10-15-23-46)96-59(84)33-32-58(83)92-35-19-18-34-76-57(82)37-51-42(2)78(53-31-30-50(91-8)36-52(51)53)68(87)47-26-28-49(75)29-27-47/h9-17,20-31,36,54-56,61-64,66,81,90H,18-19,32-35,37-40H2,1-8H3,(H,76,82)(H,77,86)/t54-,55-,56?,61-,62+,63+,64-,66-,72+,73-,74+/m0/s1. The number of carbonyl (C=O) groups excluding carboxylic acids is 10. The number of fused-ring (bicyclic) bond motifs is 6. The number of benzene rings is 5. The van der Waals surface area contributed by atoms with Crippen molar-refractivity contribution in [3.63, 3.8) is 0 Å². The molecule has 3 aliphatic carbocycles. The summed E-state index contributed by atoms with van der Waals surface area (Å²) in [6.07, 6.45) is -12.0. The highest BCUT2D eigenvalue weighted by Crippen LogP contribution is 2.64. The Labute approximate surface area is 570 Å². The number of halogens is 1. The molecule has 3 fully saturated rings. The monoisotopic (exact) mass is 1360 g/mol. The second-order valence-electron chi connectivity index (χ2n) is 25.9. The zero-order valence-electron chi connectivity index (χ0n) is 55.5. The molecule has 2 heterocycles. The predicted octanol–water partition coefficient (Wildman–Crippen LogP) is 8.36. The molecule has 2 bridgehead atoms. The zero-order chi connectivity index (χ0) is 70.6. The third kappa shape index (κ3) is 14.0. The number of aromatic nitrogens is 1. The average molecular weight is 1360 g/mol. The van der Waals surface area contributed by atoms with E-state index in [9.17, 15) is 48.6 Å². The summed E-state index contributed by atoms with van der Waals surface area (Å²) >= 11 is 6.09. The first-order valence-corrected chi connectivity index (χ1v) is 32.6. The Kier molecular flexibility index (Phi) is 21.3. The maximum atomic E-state index is 15.9. The first kappa shape index (κ1) is 71.2. The maximum absolute atomic E-state index is 15.9. The minimum absolute atomic E-state index is 0.00637. The van der Waals surface area contributed by atoms with Gasteiger partial charge in [0.2, 0.25) is 12.0 Å². The van der Waals surface area contributed by atoms with E-state index >= 15 is 9.59 Å². The molecule has 4 N–H and O–H groups in total. The molecule has 1 saturated heterocycles. The number of hydrogen-bond acceptors (Lipinski definition) is 20. The molecule has 1 aliphatic heterocycles. The summed E-state index contributed by atoms with van der Waals surface area (Å²) in [7, 11) is 1.52. The second kappa shape index (κ2) is 29.3. The summed E-state index contributed by atoms with van der Waals surface area (Å²) in [5.41, 5.74) is -5.84. The first-order chi connectivity index (χ1) is 46.6. The Balaban J connectivity index is 0.891. The van der Waals surface area contributed by atoms with Crippen LogP contribution in [-0.4, -0.2) is 149 Å². The van der Waals surface area contributed by atoms with E-state index < -0.39 is 137 Å². The number of esters is 6. The van der Waals surface area contributed by atoms with Crippen LogP contribution in [0.2, 0.25) is 5.02 Å². The number of ketones is 1. The van der Waals surface area contributed by atoms with Gasteiger partial charge in [-0.15, -0.1) is 0 Å². The van der Waals surface area contributed by atoms with Gasteiger partial charge in [-0.05, 0) is 123 Å². The molecule has 5 aromatic carbocycles. The third-order valence-corrected chi connectivity index (χ3v) is 19.8. The van der Waals surface area contributed by atoms with E-state index in [-0.39, 0.29) is 72.3 Å². The Morgan fingerprint density at radius 1 is 0.765 bits per heavy atom. The quantitative estimate of drug-likeness (QED) is 0.0202. The van der Waals surface area contributed by atoms with Gasteiger partial charge in [0.05, 0.1) is 68.1 Å². The van der Waals surface area contributed by atoms with Gasteiger partial charge in [-0.25, -0.2) is 9.59 Å². The minimum atomic E-state index is -2.55.